The van der Waals surface area contributed by atoms with Gasteiger partial charge < -0.3 is 9.15 Å². The molecule has 0 radical (unpaired) electrons. The molecule has 0 unspecified atom stereocenters. The van der Waals surface area contributed by atoms with Crippen molar-refractivity contribution in [2.24, 2.45) is 0 Å². The molecule has 0 amide bonds. The largest absolute Gasteiger partial charge is 0.460 e. The Labute approximate surface area is 136 Å². The third-order valence-corrected chi connectivity index (χ3v) is 5.26. The highest BCUT2D eigenvalue weighted by molar-refractivity contribution is 8.00. The number of carbonyl (C=O) groups is 1. The fourth-order valence-electron chi connectivity index (χ4n) is 2.14. The molecule has 1 aromatic carbocycles. The summed E-state index contributed by atoms with van der Waals surface area (Å²) in [6, 6.07) is 7.65. The molecule has 6 heteroatoms. The average molecular weight is 333 g/mol. The van der Waals surface area contributed by atoms with Crippen LogP contribution in [0.4, 0.5) is 0 Å². The van der Waals surface area contributed by atoms with Gasteiger partial charge in [-0.25, -0.2) is 9.78 Å². The first-order valence-corrected chi connectivity index (χ1v) is 8.78. The number of fused-ring (bicyclic) bond motifs is 1. The Kier molecular flexibility index (Phi) is 4.49. The molecule has 0 aliphatic carbocycles. The molecule has 4 nitrogen and oxygen atoms in total. The molecule has 0 fully saturated rings. The highest BCUT2D eigenvalue weighted by Gasteiger charge is 2.21. The number of furan rings is 1. The van der Waals surface area contributed by atoms with E-state index in [0.29, 0.717) is 23.7 Å². The van der Waals surface area contributed by atoms with Crippen molar-refractivity contribution in [3.8, 4) is 0 Å². The summed E-state index contributed by atoms with van der Waals surface area (Å²) in [5, 5.41) is 2.97. The number of nitrogens with zero attached hydrogens (tertiary/aromatic N) is 1. The molecule has 0 N–H and O–H groups in total. The van der Waals surface area contributed by atoms with Gasteiger partial charge in [0.05, 0.1) is 6.61 Å². The number of ether oxygens (including phenoxy) is 1. The minimum Gasteiger partial charge on any atom is -0.460 e. The van der Waals surface area contributed by atoms with Crippen LogP contribution in [0.1, 0.15) is 28.7 Å². The van der Waals surface area contributed by atoms with Gasteiger partial charge in [0.25, 0.3) is 0 Å². The van der Waals surface area contributed by atoms with Crippen LogP contribution < -0.4 is 0 Å². The highest BCUT2D eigenvalue weighted by Crippen LogP contribution is 2.33. The van der Waals surface area contributed by atoms with Crippen LogP contribution >= 0.6 is 23.1 Å². The van der Waals surface area contributed by atoms with Gasteiger partial charge in [-0.15, -0.1) is 11.3 Å². The Balaban J connectivity index is 1.94. The molecule has 0 aliphatic heterocycles. The number of benzene rings is 1. The van der Waals surface area contributed by atoms with Gasteiger partial charge in [-0.2, -0.15) is 0 Å². The standard InChI is InChI=1S/C16H15NO3S2/c1-3-19-15(18)14-12(9-22-16-17-10(2)8-21-16)11-6-4-5-7-13(11)20-14/h4-8H,3,9H2,1-2H3. The van der Waals surface area contributed by atoms with Gasteiger partial charge >= 0.3 is 5.97 Å². The molecule has 22 heavy (non-hydrogen) atoms. The van der Waals surface area contributed by atoms with Crippen LogP contribution in [-0.2, 0) is 10.5 Å². The van der Waals surface area contributed by atoms with Crippen molar-refractivity contribution in [1.29, 1.82) is 0 Å². The van der Waals surface area contributed by atoms with Crippen molar-refractivity contribution in [2.75, 3.05) is 6.61 Å². The fraction of sp³-hybridized carbons (Fsp3) is 0.250. The SMILES string of the molecule is CCOC(=O)c1oc2ccccc2c1CSc1nc(C)cs1. The van der Waals surface area contributed by atoms with E-state index in [9.17, 15) is 4.79 Å². The Morgan fingerprint density at radius 2 is 2.23 bits per heavy atom. The molecule has 3 rings (SSSR count). The maximum absolute atomic E-state index is 12.1. The first-order chi connectivity index (χ1) is 10.7. The van der Waals surface area contributed by atoms with E-state index in [0.717, 1.165) is 21.0 Å². The summed E-state index contributed by atoms with van der Waals surface area (Å²) in [5.74, 6) is 0.506. The summed E-state index contributed by atoms with van der Waals surface area (Å²) >= 11 is 3.21. The minimum absolute atomic E-state index is 0.295. The van der Waals surface area contributed by atoms with Crippen molar-refractivity contribution in [3.05, 3.63) is 46.7 Å². The number of rotatable bonds is 5. The number of aryl methyl sites for hydroxylation is 1. The second-order valence-corrected chi connectivity index (χ2v) is 6.75. The van der Waals surface area contributed by atoms with Gasteiger partial charge in [0.1, 0.15) is 9.92 Å². The second kappa shape index (κ2) is 6.54. The number of aromatic nitrogens is 1. The lowest BCUT2D eigenvalue weighted by Crippen LogP contribution is -2.05. The summed E-state index contributed by atoms with van der Waals surface area (Å²) in [6.07, 6.45) is 0. The fourth-order valence-corrected chi connectivity index (χ4v) is 4.01. The maximum Gasteiger partial charge on any atom is 0.374 e. The lowest BCUT2D eigenvalue weighted by molar-refractivity contribution is 0.0491. The third-order valence-electron chi connectivity index (χ3n) is 3.10. The first kappa shape index (κ1) is 15.1. The number of esters is 1. The van der Waals surface area contributed by atoms with Crippen LogP contribution in [-0.4, -0.2) is 17.6 Å². The van der Waals surface area contributed by atoms with E-state index in [1.165, 1.54) is 0 Å². The molecule has 2 heterocycles. The molecule has 0 spiro atoms. The number of para-hydroxylation sites is 1. The van der Waals surface area contributed by atoms with Crippen LogP contribution in [0.15, 0.2) is 38.4 Å². The minimum atomic E-state index is -0.412. The van der Waals surface area contributed by atoms with E-state index in [-0.39, 0.29) is 0 Å². The summed E-state index contributed by atoms with van der Waals surface area (Å²) in [7, 11) is 0. The summed E-state index contributed by atoms with van der Waals surface area (Å²) in [5.41, 5.74) is 2.58. The third kappa shape index (κ3) is 3.03. The molecule has 0 aliphatic rings. The lowest BCUT2D eigenvalue weighted by atomic mass is 10.1. The molecule has 3 aromatic rings. The number of hydrogen-bond donors (Lipinski definition) is 0. The summed E-state index contributed by atoms with van der Waals surface area (Å²) < 4.78 is 11.8. The van der Waals surface area contributed by atoms with Gasteiger partial charge in [-0.1, -0.05) is 30.0 Å². The molecule has 0 saturated carbocycles. The van der Waals surface area contributed by atoms with Crippen LogP contribution in [0.2, 0.25) is 0 Å². The topological polar surface area (TPSA) is 52.3 Å². The van der Waals surface area contributed by atoms with Crippen molar-refractivity contribution >= 4 is 40.0 Å². The molecule has 114 valence electrons. The van der Waals surface area contributed by atoms with Gasteiger partial charge in [0.15, 0.2) is 0 Å². The number of thiazole rings is 1. The van der Waals surface area contributed by atoms with E-state index in [4.69, 9.17) is 9.15 Å². The van der Waals surface area contributed by atoms with E-state index in [1.807, 2.05) is 36.6 Å². The zero-order valence-corrected chi connectivity index (χ0v) is 13.9. The molecule has 0 saturated heterocycles. The number of thioether (sulfide) groups is 1. The van der Waals surface area contributed by atoms with Crippen molar-refractivity contribution in [2.45, 2.75) is 23.9 Å². The second-order valence-electron chi connectivity index (χ2n) is 4.67. The van der Waals surface area contributed by atoms with Crippen LogP contribution in [0, 0.1) is 6.92 Å². The van der Waals surface area contributed by atoms with E-state index in [2.05, 4.69) is 4.98 Å². The van der Waals surface area contributed by atoms with Gasteiger partial charge in [-0.3, -0.25) is 0 Å². The Bertz CT molecular complexity index is 807. The number of hydrogen-bond acceptors (Lipinski definition) is 6. The summed E-state index contributed by atoms with van der Waals surface area (Å²) in [6.45, 7) is 4.08. The van der Waals surface area contributed by atoms with E-state index >= 15 is 0 Å². The normalized spacial score (nSPS) is 11.0. The van der Waals surface area contributed by atoms with Gasteiger partial charge in [0.2, 0.25) is 5.76 Å². The Morgan fingerprint density at radius 1 is 1.41 bits per heavy atom. The number of carbonyl (C=O) groups excluding carboxylic acids is 1. The Morgan fingerprint density at radius 3 is 2.95 bits per heavy atom. The van der Waals surface area contributed by atoms with Gasteiger partial charge in [-0.05, 0) is 19.9 Å². The first-order valence-electron chi connectivity index (χ1n) is 6.91. The van der Waals surface area contributed by atoms with Gasteiger partial charge in [0, 0.05) is 27.8 Å². The molecular weight excluding hydrogens is 318 g/mol. The van der Waals surface area contributed by atoms with E-state index in [1.54, 1.807) is 30.0 Å². The van der Waals surface area contributed by atoms with Crippen molar-refractivity contribution < 1.29 is 13.9 Å². The quantitative estimate of drug-likeness (QED) is 0.502. The summed E-state index contributed by atoms with van der Waals surface area (Å²) in [4.78, 5) is 16.5. The van der Waals surface area contributed by atoms with Crippen LogP contribution in [0.3, 0.4) is 0 Å². The zero-order chi connectivity index (χ0) is 15.5. The Hall–Kier alpha value is -1.79. The van der Waals surface area contributed by atoms with Crippen molar-refractivity contribution in [3.63, 3.8) is 0 Å². The predicted octanol–water partition coefficient (Wildman–Crippen LogP) is 4.67. The lowest BCUT2D eigenvalue weighted by Gasteiger charge is -2.02. The predicted molar refractivity (Wildman–Crippen MR) is 88.6 cm³/mol. The van der Waals surface area contributed by atoms with Crippen molar-refractivity contribution in [1.82, 2.24) is 4.98 Å². The van der Waals surface area contributed by atoms with Crippen LogP contribution in [0.5, 0.6) is 0 Å². The molecular formula is C16H15NO3S2. The maximum atomic E-state index is 12.1. The highest BCUT2D eigenvalue weighted by atomic mass is 32.2. The molecule has 0 atom stereocenters. The molecule has 0 bridgehead atoms. The van der Waals surface area contributed by atoms with E-state index < -0.39 is 5.97 Å². The molecule has 2 aromatic heterocycles. The van der Waals surface area contributed by atoms with Crippen LogP contribution in [0.25, 0.3) is 11.0 Å². The zero-order valence-electron chi connectivity index (χ0n) is 12.3. The monoisotopic (exact) mass is 333 g/mol. The smallest absolute Gasteiger partial charge is 0.374 e. The average Bonchev–Trinajstić information content (AvgIpc) is 3.09.